The number of hydrogen-bond acceptors (Lipinski definition) is 4. The molecule has 128 valence electrons. The van der Waals surface area contributed by atoms with Crippen LogP contribution in [0.4, 0.5) is 0 Å². The fourth-order valence-corrected chi connectivity index (χ4v) is 3.87. The van der Waals surface area contributed by atoms with Gasteiger partial charge in [0, 0.05) is 44.9 Å². The Kier molecular flexibility index (Phi) is 4.32. The molecule has 0 N–H and O–H groups in total. The third-order valence-corrected chi connectivity index (χ3v) is 5.12. The van der Waals surface area contributed by atoms with Crippen LogP contribution in [0, 0.1) is 0 Å². The first-order valence-corrected chi connectivity index (χ1v) is 9.02. The smallest absolute Gasteiger partial charge is 0.225 e. The highest BCUT2D eigenvalue weighted by Gasteiger charge is 2.34. The number of aryl methyl sites for hydroxylation is 2. The topological polar surface area (TPSA) is 68.8 Å². The van der Waals surface area contributed by atoms with Gasteiger partial charge in [0.25, 0.3) is 0 Å². The van der Waals surface area contributed by atoms with E-state index in [9.17, 15) is 4.79 Å². The van der Waals surface area contributed by atoms with Crippen LogP contribution in [0.15, 0.2) is 18.5 Å². The van der Waals surface area contributed by atoms with Gasteiger partial charge < -0.3 is 9.47 Å². The molecule has 4 rings (SSSR count). The Balaban J connectivity index is 1.48. The second kappa shape index (κ2) is 6.75. The Morgan fingerprint density at radius 2 is 2.12 bits per heavy atom. The highest BCUT2D eigenvalue weighted by molar-refractivity contribution is 5.76. The Morgan fingerprint density at radius 1 is 1.17 bits per heavy atom. The Morgan fingerprint density at radius 3 is 3.00 bits per heavy atom. The maximum Gasteiger partial charge on any atom is 0.225 e. The van der Waals surface area contributed by atoms with E-state index in [0.717, 1.165) is 44.0 Å². The van der Waals surface area contributed by atoms with Gasteiger partial charge in [-0.15, -0.1) is 10.2 Å². The average molecular weight is 328 g/mol. The van der Waals surface area contributed by atoms with E-state index in [-0.39, 0.29) is 11.9 Å². The van der Waals surface area contributed by atoms with E-state index < -0.39 is 0 Å². The van der Waals surface area contributed by atoms with E-state index in [1.54, 1.807) is 6.20 Å². The van der Waals surface area contributed by atoms with Gasteiger partial charge in [-0.2, -0.15) is 5.10 Å². The summed E-state index contributed by atoms with van der Waals surface area (Å²) in [7, 11) is 0. The normalized spacial score (nSPS) is 20.8. The van der Waals surface area contributed by atoms with Crippen LogP contribution in [0.25, 0.3) is 0 Å². The molecular weight excluding hydrogens is 304 g/mol. The minimum atomic E-state index is 0.0921. The van der Waals surface area contributed by atoms with Crippen LogP contribution in [0.3, 0.4) is 0 Å². The summed E-state index contributed by atoms with van der Waals surface area (Å²) in [6.07, 6.45) is 10.8. The quantitative estimate of drug-likeness (QED) is 0.860. The van der Waals surface area contributed by atoms with Crippen LogP contribution < -0.4 is 0 Å². The highest BCUT2D eigenvalue weighted by atomic mass is 16.2. The second-order valence-electron chi connectivity index (χ2n) is 6.70. The lowest BCUT2D eigenvalue weighted by molar-refractivity contribution is -0.132. The molecule has 0 radical (unpaired) electrons. The van der Waals surface area contributed by atoms with Crippen molar-refractivity contribution in [1.82, 2.24) is 29.4 Å². The zero-order valence-corrected chi connectivity index (χ0v) is 14.0. The molecule has 0 saturated carbocycles. The molecule has 1 saturated heterocycles. The minimum absolute atomic E-state index is 0.0921. The summed E-state index contributed by atoms with van der Waals surface area (Å²) in [6.45, 7) is 2.45. The van der Waals surface area contributed by atoms with Crippen LogP contribution in [0.2, 0.25) is 0 Å². The summed E-state index contributed by atoms with van der Waals surface area (Å²) in [4.78, 5) is 14.7. The molecule has 1 fully saturated rings. The van der Waals surface area contributed by atoms with Crippen molar-refractivity contribution in [3.63, 3.8) is 0 Å². The summed E-state index contributed by atoms with van der Waals surface area (Å²) in [5, 5.41) is 13.0. The Bertz CT molecular complexity index is 692. The monoisotopic (exact) mass is 328 g/mol. The van der Waals surface area contributed by atoms with E-state index in [1.807, 2.05) is 21.8 Å². The molecule has 0 spiro atoms. The van der Waals surface area contributed by atoms with Crippen molar-refractivity contribution >= 4 is 5.91 Å². The average Bonchev–Trinajstić information content (AvgIpc) is 3.31. The first-order valence-electron chi connectivity index (χ1n) is 9.02. The van der Waals surface area contributed by atoms with Crippen molar-refractivity contribution < 1.29 is 4.79 Å². The Hall–Kier alpha value is -2.18. The fourth-order valence-electron chi connectivity index (χ4n) is 3.87. The number of nitrogens with zero attached hydrogens (tertiary/aromatic N) is 6. The van der Waals surface area contributed by atoms with E-state index in [4.69, 9.17) is 0 Å². The van der Waals surface area contributed by atoms with Crippen LogP contribution in [-0.4, -0.2) is 41.9 Å². The first kappa shape index (κ1) is 15.4. The van der Waals surface area contributed by atoms with Crippen molar-refractivity contribution in [2.75, 3.05) is 6.54 Å². The van der Waals surface area contributed by atoms with Gasteiger partial charge >= 0.3 is 0 Å². The largest absolute Gasteiger partial charge is 0.332 e. The standard InChI is InChI=1S/C17H24N6O/c24-16(8-13-21-10-5-9-18-21)22-12-4-6-14(22)17-20-19-15-7-2-1-3-11-23(15)17/h5,9-10,14H,1-4,6-8,11-13H2/t14-/m1/s1. The minimum Gasteiger partial charge on any atom is -0.332 e. The van der Waals surface area contributed by atoms with Gasteiger partial charge in [0.2, 0.25) is 5.91 Å². The summed E-state index contributed by atoms with van der Waals surface area (Å²) >= 11 is 0. The van der Waals surface area contributed by atoms with Gasteiger partial charge in [-0.25, -0.2) is 0 Å². The van der Waals surface area contributed by atoms with Gasteiger partial charge in [-0.05, 0) is 31.7 Å². The lowest BCUT2D eigenvalue weighted by Crippen LogP contribution is -2.32. The first-order chi connectivity index (χ1) is 11.8. The molecule has 2 aliphatic heterocycles. The van der Waals surface area contributed by atoms with Gasteiger partial charge in [0.05, 0.1) is 6.04 Å². The van der Waals surface area contributed by atoms with Crippen LogP contribution in [0.5, 0.6) is 0 Å². The van der Waals surface area contributed by atoms with E-state index in [2.05, 4.69) is 19.9 Å². The number of aromatic nitrogens is 5. The number of rotatable bonds is 4. The van der Waals surface area contributed by atoms with Crippen molar-refractivity contribution in [3.8, 4) is 0 Å². The lowest BCUT2D eigenvalue weighted by Gasteiger charge is -2.24. The zero-order chi connectivity index (χ0) is 16.4. The van der Waals surface area contributed by atoms with E-state index in [0.29, 0.717) is 13.0 Å². The number of fused-ring (bicyclic) bond motifs is 1. The summed E-state index contributed by atoms with van der Waals surface area (Å²) in [5.41, 5.74) is 0. The molecule has 1 amide bonds. The maximum absolute atomic E-state index is 12.7. The molecule has 4 heterocycles. The molecule has 0 bridgehead atoms. The van der Waals surface area contributed by atoms with E-state index >= 15 is 0 Å². The van der Waals surface area contributed by atoms with Crippen molar-refractivity contribution in [1.29, 1.82) is 0 Å². The molecular formula is C17H24N6O. The maximum atomic E-state index is 12.7. The third kappa shape index (κ3) is 2.95. The number of amides is 1. The zero-order valence-electron chi connectivity index (χ0n) is 14.0. The van der Waals surface area contributed by atoms with Gasteiger partial charge in [0.1, 0.15) is 5.82 Å². The third-order valence-electron chi connectivity index (χ3n) is 5.12. The molecule has 0 aromatic carbocycles. The predicted molar refractivity (Wildman–Crippen MR) is 88.1 cm³/mol. The van der Waals surface area contributed by atoms with Crippen LogP contribution in [-0.2, 0) is 24.3 Å². The molecule has 2 aromatic heterocycles. The SMILES string of the molecule is O=C(CCn1cccn1)N1CCC[C@@H]1c1nnc2n1CCCCC2. The second-order valence-corrected chi connectivity index (χ2v) is 6.70. The van der Waals surface area contributed by atoms with Crippen molar-refractivity contribution in [3.05, 3.63) is 30.1 Å². The number of carbonyl (C=O) groups is 1. The summed E-state index contributed by atoms with van der Waals surface area (Å²) in [5.74, 6) is 2.29. The summed E-state index contributed by atoms with van der Waals surface area (Å²) in [6, 6.07) is 1.98. The van der Waals surface area contributed by atoms with Gasteiger partial charge in [-0.1, -0.05) is 6.42 Å². The molecule has 7 heteroatoms. The molecule has 0 aliphatic carbocycles. The van der Waals surface area contributed by atoms with Crippen LogP contribution >= 0.6 is 0 Å². The fraction of sp³-hybridized carbons (Fsp3) is 0.647. The molecule has 2 aromatic rings. The predicted octanol–water partition coefficient (Wildman–Crippen LogP) is 1.95. The molecule has 0 unspecified atom stereocenters. The molecule has 24 heavy (non-hydrogen) atoms. The van der Waals surface area contributed by atoms with Gasteiger partial charge in [-0.3, -0.25) is 9.48 Å². The molecule has 2 aliphatic rings. The van der Waals surface area contributed by atoms with Gasteiger partial charge in [0.15, 0.2) is 5.82 Å². The van der Waals surface area contributed by atoms with E-state index in [1.165, 1.54) is 19.3 Å². The Labute approximate surface area is 141 Å². The van der Waals surface area contributed by atoms with Crippen LogP contribution in [0.1, 0.15) is 56.2 Å². The molecule has 1 atom stereocenters. The number of carbonyl (C=O) groups excluding carboxylic acids is 1. The summed E-state index contributed by atoms with van der Waals surface area (Å²) < 4.78 is 4.09. The lowest BCUT2D eigenvalue weighted by atomic mass is 10.2. The molecule has 7 nitrogen and oxygen atoms in total. The highest BCUT2D eigenvalue weighted by Crippen LogP contribution is 2.32. The number of likely N-dealkylation sites (tertiary alicyclic amines) is 1. The van der Waals surface area contributed by atoms with Crippen molar-refractivity contribution in [2.24, 2.45) is 0 Å². The van der Waals surface area contributed by atoms with Crippen molar-refractivity contribution in [2.45, 2.75) is 64.1 Å². The number of hydrogen-bond donors (Lipinski definition) is 0.